The number of anilines is 1. The second-order valence-corrected chi connectivity index (χ2v) is 9.08. The number of piperidine rings is 1. The number of likely N-dealkylation sites (tertiary alicyclic amines) is 1. The van der Waals surface area contributed by atoms with Crippen LogP contribution in [-0.2, 0) is 10.9 Å². The van der Waals surface area contributed by atoms with Gasteiger partial charge in [-0.25, -0.2) is 4.79 Å². The minimum absolute atomic E-state index is 0.0218. The highest BCUT2D eigenvalue weighted by atomic mass is 19.4. The molecule has 1 amide bonds. The Kier molecular flexibility index (Phi) is 7.04. The Morgan fingerprint density at radius 3 is 2.52 bits per heavy atom. The number of benzene rings is 1. The smallest absolute Gasteiger partial charge is 0.416 e. The summed E-state index contributed by atoms with van der Waals surface area (Å²) < 4.78 is 49.7. The second-order valence-electron chi connectivity index (χ2n) is 9.08. The highest BCUT2D eigenvalue weighted by Gasteiger charge is 2.32. The fourth-order valence-corrected chi connectivity index (χ4v) is 3.68. The first kappa shape index (κ1) is 24.6. The van der Waals surface area contributed by atoms with E-state index in [1.165, 1.54) is 13.2 Å². The number of halogens is 3. The molecule has 1 fully saturated rings. The van der Waals surface area contributed by atoms with Gasteiger partial charge in [-0.1, -0.05) is 0 Å². The summed E-state index contributed by atoms with van der Waals surface area (Å²) in [6.07, 6.45) is -3.13. The van der Waals surface area contributed by atoms with Gasteiger partial charge in [-0.3, -0.25) is 0 Å². The number of alkyl halides is 3. The van der Waals surface area contributed by atoms with Crippen LogP contribution in [0.25, 0.3) is 11.3 Å². The molecule has 1 aromatic carbocycles. The van der Waals surface area contributed by atoms with E-state index in [-0.39, 0.29) is 17.9 Å². The van der Waals surface area contributed by atoms with Crippen molar-refractivity contribution >= 4 is 11.9 Å². The average molecular weight is 467 g/mol. The van der Waals surface area contributed by atoms with Gasteiger partial charge in [0.05, 0.1) is 18.4 Å². The highest BCUT2D eigenvalue weighted by Crippen LogP contribution is 2.37. The SMILES string of the molecule is COc1cc(C(F)(F)F)ccc1-c1nnc(NC2CCCN(C(=O)OC(C)(C)C)C2)cc1C. The Bertz CT molecular complexity index is 1010. The predicted octanol–water partition coefficient (Wildman–Crippen LogP) is 5.29. The van der Waals surface area contributed by atoms with Crippen LogP contribution in [0.1, 0.15) is 44.7 Å². The average Bonchev–Trinajstić information content (AvgIpc) is 2.72. The maximum absolute atomic E-state index is 13.0. The van der Waals surface area contributed by atoms with Gasteiger partial charge < -0.3 is 19.7 Å². The number of ether oxygens (including phenoxy) is 2. The number of rotatable bonds is 4. The van der Waals surface area contributed by atoms with Crippen molar-refractivity contribution in [2.24, 2.45) is 0 Å². The van der Waals surface area contributed by atoms with Crippen LogP contribution in [0.5, 0.6) is 5.75 Å². The molecule has 0 bridgehead atoms. The van der Waals surface area contributed by atoms with E-state index in [9.17, 15) is 18.0 Å². The van der Waals surface area contributed by atoms with Crippen LogP contribution in [0.3, 0.4) is 0 Å². The standard InChI is InChI=1S/C23H29F3N4O3/c1-14-11-19(27-16-7-6-10-30(13-16)21(31)33-22(2,3)4)28-29-20(14)17-9-8-15(23(24,25)26)12-18(17)32-5/h8-9,11-12,16H,6-7,10,13H2,1-5H3,(H,27,28). The Morgan fingerprint density at radius 1 is 1.18 bits per heavy atom. The van der Waals surface area contributed by atoms with E-state index in [0.29, 0.717) is 30.2 Å². The third-order valence-electron chi connectivity index (χ3n) is 5.19. The Hall–Kier alpha value is -3.04. The zero-order chi connectivity index (χ0) is 24.4. The first-order chi connectivity index (χ1) is 15.4. The fourth-order valence-electron chi connectivity index (χ4n) is 3.68. The first-order valence-corrected chi connectivity index (χ1v) is 10.7. The lowest BCUT2D eigenvalue weighted by atomic mass is 10.0. The van der Waals surface area contributed by atoms with Crippen LogP contribution in [0.2, 0.25) is 0 Å². The van der Waals surface area contributed by atoms with Crippen LogP contribution in [0, 0.1) is 6.92 Å². The molecular weight excluding hydrogens is 437 g/mol. The zero-order valence-corrected chi connectivity index (χ0v) is 19.4. The van der Waals surface area contributed by atoms with Crippen molar-refractivity contribution in [3.63, 3.8) is 0 Å². The van der Waals surface area contributed by atoms with Gasteiger partial charge in [0.1, 0.15) is 17.2 Å². The number of nitrogens with one attached hydrogen (secondary N) is 1. The van der Waals surface area contributed by atoms with Gasteiger partial charge in [0.2, 0.25) is 0 Å². The summed E-state index contributed by atoms with van der Waals surface area (Å²) in [6.45, 7) is 8.40. The molecule has 1 saturated heterocycles. The number of amides is 1. The number of aryl methyl sites for hydroxylation is 1. The molecule has 0 radical (unpaired) electrons. The highest BCUT2D eigenvalue weighted by molar-refractivity contribution is 5.71. The van der Waals surface area contributed by atoms with E-state index < -0.39 is 17.3 Å². The van der Waals surface area contributed by atoms with Gasteiger partial charge in [0.25, 0.3) is 0 Å². The summed E-state index contributed by atoms with van der Waals surface area (Å²) in [5, 5.41) is 11.8. The largest absolute Gasteiger partial charge is 0.496 e. The van der Waals surface area contributed by atoms with Crippen molar-refractivity contribution in [1.29, 1.82) is 0 Å². The molecule has 1 N–H and O–H groups in total. The van der Waals surface area contributed by atoms with Crippen molar-refractivity contribution in [2.75, 3.05) is 25.5 Å². The van der Waals surface area contributed by atoms with Crippen LogP contribution in [0.4, 0.5) is 23.8 Å². The number of carbonyl (C=O) groups is 1. The number of nitrogens with zero attached hydrogens (tertiary/aromatic N) is 3. The van der Waals surface area contributed by atoms with Gasteiger partial charge in [-0.05, 0) is 70.4 Å². The fraction of sp³-hybridized carbons (Fsp3) is 0.522. The lowest BCUT2D eigenvalue weighted by molar-refractivity contribution is -0.137. The summed E-state index contributed by atoms with van der Waals surface area (Å²) in [5.41, 5.74) is 0.236. The molecule has 0 aliphatic carbocycles. The van der Waals surface area contributed by atoms with Gasteiger partial charge >= 0.3 is 12.3 Å². The van der Waals surface area contributed by atoms with Gasteiger partial charge in [-0.15, -0.1) is 10.2 Å². The van der Waals surface area contributed by atoms with Crippen molar-refractivity contribution in [3.05, 3.63) is 35.4 Å². The third-order valence-corrected chi connectivity index (χ3v) is 5.19. The molecule has 1 aliphatic rings. The van der Waals surface area contributed by atoms with Gasteiger partial charge in [0.15, 0.2) is 0 Å². The molecule has 180 valence electrons. The molecule has 1 aromatic heterocycles. The van der Waals surface area contributed by atoms with Crippen LogP contribution in [-0.4, -0.2) is 53.0 Å². The molecule has 0 saturated carbocycles. The van der Waals surface area contributed by atoms with Gasteiger partial charge in [0, 0.05) is 24.7 Å². The minimum Gasteiger partial charge on any atom is -0.496 e. The summed E-state index contributed by atoms with van der Waals surface area (Å²) in [4.78, 5) is 14.1. The topological polar surface area (TPSA) is 76.6 Å². The molecular formula is C23H29F3N4O3. The molecule has 2 aromatic rings. The van der Waals surface area contributed by atoms with E-state index >= 15 is 0 Å². The zero-order valence-electron chi connectivity index (χ0n) is 19.4. The maximum atomic E-state index is 13.0. The number of aromatic nitrogens is 2. The molecule has 3 rings (SSSR count). The predicted molar refractivity (Wildman–Crippen MR) is 118 cm³/mol. The van der Waals surface area contributed by atoms with Crippen molar-refractivity contribution < 1.29 is 27.4 Å². The number of methoxy groups -OCH3 is 1. The third kappa shape index (κ3) is 6.27. The number of carbonyl (C=O) groups excluding carboxylic acids is 1. The Balaban J connectivity index is 1.74. The maximum Gasteiger partial charge on any atom is 0.416 e. The van der Waals surface area contributed by atoms with Crippen LogP contribution < -0.4 is 10.1 Å². The Labute approximate surface area is 191 Å². The van der Waals surface area contributed by atoms with Crippen molar-refractivity contribution in [3.8, 4) is 17.0 Å². The van der Waals surface area contributed by atoms with Gasteiger partial charge in [-0.2, -0.15) is 13.2 Å². The quantitative estimate of drug-likeness (QED) is 0.660. The normalized spacial score (nSPS) is 17.0. The molecule has 0 spiro atoms. The minimum atomic E-state index is -4.46. The number of hydrogen-bond acceptors (Lipinski definition) is 6. The van der Waals surface area contributed by atoms with Crippen molar-refractivity contribution in [1.82, 2.24) is 15.1 Å². The molecule has 33 heavy (non-hydrogen) atoms. The Morgan fingerprint density at radius 2 is 1.91 bits per heavy atom. The van der Waals surface area contributed by atoms with E-state index in [2.05, 4.69) is 15.5 Å². The summed E-state index contributed by atoms with van der Waals surface area (Å²) in [6, 6.07) is 5.05. The molecule has 2 heterocycles. The molecule has 1 aliphatic heterocycles. The summed E-state index contributed by atoms with van der Waals surface area (Å²) in [5.74, 6) is 0.599. The van der Waals surface area contributed by atoms with Crippen LogP contribution in [0.15, 0.2) is 24.3 Å². The molecule has 10 heteroatoms. The monoisotopic (exact) mass is 466 g/mol. The van der Waals surface area contributed by atoms with E-state index in [0.717, 1.165) is 30.5 Å². The van der Waals surface area contributed by atoms with E-state index in [4.69, 9.17) is 9.47 Å². The number of hydrogen-bond donors (Lipinski definition) is 1. The lowest BCUT2D eigenvalue weighted by Gasteiger charge is -2.34. The lowest BCUT2D eigenvalue weighted by Crippen LogP contribution is -2.47. The summed E-state index contributed by atoms with van der Waals surface area (Å²) >= 11 is 0. The molecule has 1 unspecified atom stereocenters. The second kappa shape index (κ2) is 9.44. The molecule has 7 nitrogen and oxygen atoms in total. The molecule has 1 atom stereocenters. The van der Waals surface area contributed by atoms with E-state index in [1.54, 1.807) is 17.9 Å². The van der Waals surface area contributed by atoms with E-state index in [1.807, 2.05) is 20.8 Å². The first-order valence-electron chi connectivity index (χ1n) is 10.7. The van der Waals surface area contributed by atoms with Crippen LogP contribution >= 0.6 is 0 Å². The van der Waals surface area contributed by atoms with Crippen molar-refractivity contribution in [2.45, 2.75) is 58.4 Å². The summed E-state index contributed by atoms with van der Waals surface area (Å²) in [7, 11) is 1.32.